The minimum atomic E-state index is -0.503. The minimum Gasteiger partial charge on any atom is -0.497 e. The third-order valence-electron chi connectivity index (χ3n) is 5.78. The number of hydrogen-bond acceptors (Lipinski definition) is 5. The van der Waals surface area contributed by atoms with E-state index >= 15 is 0 Å². The Bertz CT molecular complexity index is 1440. The number of hydrogen-bond donors (Lipinski definition) is 0. The number of carbonyl (C=O) groups is 2. The fourth-order valence-electron chi connectivity index (χ4n) is 3.99. The van der Waals surface area contributed by atoms with Crippen molar-refractivity contribution in [1.82, 2.24) is 4.57 Å². The van der Waals surface area contributed by atoms with Gasteiger partial charge in [0.05, 0.1) is 18.2 Å². The summed E-state index contributed by atoms with van der Waals surface area (Å²) in [5.41, 5.74) is 3.39. The zero-order valence-electron chi connectivity index (χ0n) is 18.4. The van der Waals surface area contributed by atoms with Crippen LogP contribution in [0, 0.1) is 6.92 Å². The second-order valence-corrected chi connectivity index (χ2v) is 7.84. The first kappa shape index (κ1) is 20.6. The molecule has 0 aliphatic carbocycles. The van der Waals surface area contributed by atoms with E-state index in [9.17, 15) is 9.59 Å². The van der Waals surface area contributed by atoms with Gasteiger partial charge in [-0.1, -0.05) is 18.2 Å². The summed E-state index contributed by atoms with van der Waals surface area (Å²) in [5.74, 6) is 0.937. The monoisotopic (exact) mass is 439 g/mol. The van der Waals surface area contributed by atoms with Gasteiger partial charge in [-0.3, -0.25) is 4.79 Å². The average Bonchev–Trinajstić information content (AvgIpc) is 3.33. The van der Waals surface area contributed by atoms with Crippen molar-refractivity contribution >= 4 is 28.7 Å². The molecule has 1 aliphatic heterocycles. The second kappa shape index (κ2) is 7.98. The Balaban J connectivity index is 1.44. The lowest BCUT2D eigenvalue weighted by atomic mass is 10.1. The van der Waals surface area contributed by atoms with Crippen LogP contribution >= 0.6 is 0 Å². The Kier molecular flexibility index (Phi) is 4.98. The lowest BCUT2D eigenvalue weighted by Crippen LogP contribution is -2.09. The van der Waals surface area contributed by atoms with E-state index in [0.717, 1.165) is 16.5 Å². The second-order valence-electron chi connectivity index (χ2n) is 7.84. The number of benzene rings is 3. The molecular formula is C27H21NO5. The van der Waals surface area contributed by atoms with E-state index in [2.05, 4.69) is 0 Å². The topological polar surface area (TPSA) is 66.8 Å². The van der Waals surface area contributed by atoms with Crippen molar-refractivity contribution < 1.29 is 23.8 Å². The number of carbonyl (C=O) groups excluding carboxylic acids is 2. The van der Waals surface area contributed by atoms with Crippen LogP contribution in [0.5, 0.6) is 17.2 Å². The number of nitrogens with zero attached hydrogens (tertiary/aromatic N) is 1. The number of allylic oxidation sites excluding steroid dienone is 1. The SMILES string of the molecule is COc1ccc(C(=O)Oc2ccc3c(c2C)OC(=Cc2cn(C)c4ccccc24)C3=O)cc1. The standard InChI is InChI=1S/C27H21NO5/c1-16-23(33-27(30)17-8-10-19(31-3)11-9-17)13-12-21-25(29)24(32-26(16)21)14-18-15-28(2)22-7-5-4-6-20(18)22/h4-15H,1-3H3. The minimum absolute atomic E-state index is 0.200. The molecule has 1 aliphatic rings. The number of aromatic nitrogens is 1. The van der Waals surface area contributed by atoms with Gasteiger partial charge in [-0.25, -0.2) is 4.79 Å². The van der Waals surface area contributed by atoms with E-state index in [0.29, 0.717) is 33.9 Å². The van der Waals surface area contributed by atoms with Crippen LogP contribution in [0.25, 0.3) is 17.0 Å². The molecule has 5 rings (SSSR count). The Morgan fingerprint density at radius 3 is 2.55 bits per heavy atom. The molecule has 0 N–H and O–H groups in total. The summed E-state index contributed by atoms with van der Waals surface area (Å²) in [4.78, 5) is 25.6. The molecule has 3 aromatic carbocycles. The van der Waals surface area contributed by atoms with Crippen molar-refractivity contribution in [1.29, 1.82) is 0 Å². The van der Waals surface area contributed by atoms with Crippen LogP contribution < -0.4 is 14.2 Å². The molecule has 1 aromatic heterocycles. The molecule has 6 heteroatoms. The summed E-state index contributed by atoms with van der Waals surface area (Å²) < 4.78 is 18.7. The van der Waals surface area contributed by atoms with Gasteiger partial charge in [-0.2, -0.15) is 0 Å². The Labute approximate surface area is 190 Å². The highest BCUT2D eigenvalue weighted by Gasteiger charge is 2.31. The maximum Gasteiger partial charge on any atom is 0.343 e. The predicted octanol–water partition coefficient (Wildman–Crippen LogP) is 5.33. The summed E-state index contributed by atoms with van der Waals surface area (Å²) in [6.45, 7) is 1.77. The lowest BCUT2D eigenvalue weighted by molar-refractivity contribution is 0.0733. The number of aryl methyl sites for hydroxylation is 1. The molecule has 0 spiro atoms. The number of rotatable bonds is 4. The first-order chi connectivity index (χ1) is 16.0. The highest BCUT2D eigenvalue weighted by Crippen LogP contribution is 2.40. The molecule has 33 heavy (non-hydrogen) atoms. The van der Waals surface area contributed by atoms with Crippen molar-refractivity contribution in [3.05, 3.63) is 94.9 Å². The van der Waals surface area contributed by atoms with E-state index in [1.54, 1.807) is 56.5 Å². The number of fused-ring (bicyclic) bond motifs is 2. The quantitative estimate of drug-likeness (QED) is 0.244. The van der Waals surface area contributed by atoms with Crippen LogP contribution in [0.2, 0.25) is 0 Å². The van der Waals surface area contributed by atoms with E-state index in [1.165, 1.54) is 0 Å². The Morgan fingerprint density at radius 1 is 1.03 bits per heavy atom. The number of methoxy groups -OCH3 is 1. The van der Waals surface area contributed by atoms with Gasteiger partial charge in [0.2, 0.25) is 5.78 Å². The zero-order chi connectivity index (χ0) is 23.1. The van der Waals surface area contributed by atoms with Crippen molar-refractivity contribution in [3.63, 3.8) is 0 Å². The van der Waals surface area contributed by atoms with Crippen molar-refractivity contribution in [3.8, 4) is 17.2 Å². The van der Waals surface area contributed by atoms with Gasteiger partial charge in [0.25, 0.3) is 0 Å². The first-order valence-electron chi connectivity index (χ1n) is 10.4. The van der Waals surface area contributed by atoms with Gasteiger partial charge in [0.15, 0.2) is 5.76 Å². The third-order valence-corrected chi connectivity index (χ3v) is 5.78. The number of ether oxygens (including phenoxy) is 3. The summed E-state index contributed by atoms with van der Waals surface area (Å²) in [7, 11) is 3.52. The molecule has 0 saturated carbocycles. The van der Waals surface area contributed by atoms with Crippen LogP contribution in [-0.2, 0) is 7.05 Å². The number of ketones is 1. The summed E-state index contributed by atoms with van der Waals surface area (Å²) in [6.07, 6.45) is 3.72. The molecule has 6 nitrogen and oxygen atoms in total. The van der Waals surface area contributed by atoms with E-state index < -0.39 is 5.97 Å². The van der Waals surface area contributed by atoms with Gasteiger partial charge in [-0.15, -0.1) is 0 Å². The van der Waals surface area contributed by atoms with Crippen molar-refractivity contribution in [2.75, 3.05) is 7.11 Å². The van der Waals surface area contributed by atoms with E-state index in [-0.39, 0.29) is 11.5 Å². The molecule has 0 radical (unpaired) electrons. The largest absolute Gasteiger partial charge is 0.497 e. The molecule has 2 heterocycles. The summed E-state index contributed by atoms with van der Waals surface area (Å²) >= 11 is 0. The first-order valence-corrected chi connectivity index (χ1v) is 10.4. The van der Waals surface area contributed by atoms with Crippen LogP contribution in [-0.4, -0.2) is 23.4 Å². The number of Topliss-reactive ketones (excluding diaryl/α,β-unsaturated/α-hetero) is 1. The van der Waals surface area contributed by atoms with Gasteiger partial charge < -0.3 is 18.8 Å². The molecular weight excluding hydrogens is 418 g/mol. The molecule has 0 unspecified atom stereocenters. The molecule has 164 valence electrons. The third kappa shape index (κ3) is 3.55. The van der Waals surface area contributed by atoms with Gasteiger partial charge in [-0.05, 0) is 55.5 Å². The fraction of sp³-hybridized carbons (Fsp3) is 0.111. The van der Waals surface area contributed by atoms with Crippen LogP contribution in [0.3, 0.4) is 0 Å². The van der Waals surface area contributed by atoms with Gasteiger partial charge in [0.1, 0.15) is 17.2 Å². The van der Waals surface area contributed by atoms with Crippen molar-refractivity contribution in [2.24, 2.45) is 7.05 Å². The average molecular weight is 439 g/mol. The maximum absolute atomic E-state index is 13.0. The Morgan fingerprint density at radius 2 is 1.79 bits per heavy atom. The normalized spacial score (nSPS) is 13.8. The fourth-order valence-corrected chi connectivity index (χ4v) is 3.99. The Hall–Kier alpha value is -4.32. The highest BCUT2D eigenvalue weighted by molar-refractivity contribution is 6.15. The number of esters is 1. The van der Waals surface area contributed by atoms with E-state index in [4.69, 9.17) is 14.2 Å². The predicted molar refractivity (Wildman–Crippen MR) is 125 cm³/mol. The van der Waals surface area contributed by atoms with Crippen LogP contribution in [0.15, 0.2) is 72.6 Å². The van der Waals surface area contributed by atoms with Gasteiger partial charge in [0, 0.05) is 35.3 Å². The summed E-state index contributed by atoms with van der Waals surface area (Å²) in [5, 5.41) is 1.03. The molecule has 0 bridgehead atoms. The molecule has 0 fully saturated rings. The molecule has 0 atom stereocenters. The lowest BCUT2D eigenvalue weighted by Gasteiger charge is -2.10. The summed E-state index contributed by atoms with van der Waals surface area (Å²) in [6, 6.07) is 17.9. The zero-order valence-corrected chi connectivity index (χ0v) is 18.4. The van der Waals surface area contributed by atoms with E-state index in [1.807, 2.05) is 42.1 Å². The number of para-hydroxylation sites is 1. The van der Waals surface area contributed by atoms with Crippen LogP contribution in [0.1, 0.15) is 31.8 Å². The van der Waals surface area contributed by atoms with Gasteiger partial charge >= 0.3 is 5.97 Å². The molecule has 0 amide bonds. The molecule has 0 saturated heterocycles. The maximum atomic E-state index is 13.0. The smallest absolute Gasteiger partial charge is 0.343 e. The van der Waals surface area contributed by atoms with Crippen molar-refractivity contribution in [2.45, 2.75) is 6.92 Å². The van der Waals surface area contributed by atoms with Crippen LogP contribution in [0.4, 0.5) is 0 Å². The highest BCUT2D eigenvalue weighted by atomic mass is 16.5. The molecule has 4 aromatic rings.